The minimum absolute atomic E-state index is 0.424. The standard InChI is InChI=1S/C7H13NO/c8-4-3-6-1-2-7(9)5-6/h6H,1-5,8H2. The van der Waals surface area contributed by atoms with Crippen molar-refractivity contribution in [3.05, 3.63) is 0 Å². The van der Waals surface area contributed by atoms with Crippen molar-refractivity contribution in [2.75, 3.05) is 6.54 Å². The zero-order chi connectivity index (χ0) is 6.69. The van der Waals surface area contributed by atoms with Crippen molar-refractivity contribution in [2.24, 2.45) is 11.7 Å². The van der Waals surface area contributed by atoms with E-state index in [9.17, 15) is 4.79 Å². The Morgan fingerprint density at radius 2 is 2.44 bits per heavy atom. The van der Waals surface area contributed by atoms with E-state index in [-0.39, 0.29) is 0 Å². The van der Waals surface area contributed by atoms with Crippen LogP contribution in [-0.4, -0.2) is 12.3 Å². The van der Waals surface area contributed by atoms with Gasteiger partial charge >= 0.3 is 0 Å². The summed E-state index contributed by atoms with van der Waals surface area (Å²) in [6.07, 6.45) is 3.70. The molecule has 0 radical (unpaired) electrons. The summed E-state index contributed by atoms with van der Waals surface area (Å²) in [5.74, 6) is 1.04. The van der Waals surface area contributed by atoms with Crippen molar-refractivity contribution in [2.45, 2.75) is 25.7 Å². The average Bonchev–Trinajstić information content (AvgIpc) is 2.17. The van der Waals surface area contributed by atoms with Crippen LogP contribution in [0.1, 0.15) is 25.7 Å². The van der Waals surface area contributed by atoms with Crippen LogP contribution in [0.5, 0.6) is 0 Å². The predicted molar refractivity (Wildman–Crippen MR) is 36.0 cm³/mol. The fraction of sp³-hybridized carbons (Fsp3) is 0.857. The maximum atomic E-state index is 10.7. The minimum Gasteiger partial charge on any atom is -0.330 e. The Morgan fingerprint density at radius 3 is 2.89 bits per heavy atom. The monoisotopic (exact) mass is 127 g/mol. The number of rotatable bonds is 2. The Morgan fingerprint density at radius 1 is 1.67 bits per heavy atom. The van der Waals surface area contributed by atoms with Crippen LogP contribution in [0.4, 0.5) is 0 Å². The number of hydrogen-bond donors (Lipinski definition) is 1. The van der Waals surface area contributed by atoms with Gasteiger partial charge in [0.15, 0.2) is 0 Å². The van der Waals surface area contributed by atoms with Crippen LogP contribution < -0.4 is 5.73 Å². The third-order valence-electron chi connectivity index (χ3n) is 1.92. The van der Waals surface area contributed by atoms with Gasteiger partial charge in [0.1, 0.15) is 5.78 Å². The molecule has 9 heavy (non-hydrogen) atoms. The lowest BCUT2D eigenvalue weighted by atomic mass is 10.1. The van der Waals surface area contributed by atoms with E-state index >= 15 is 0 Å². The van der Waals surface area contributed by atoms with E-state index in [0.717, 1.165) is 32.2 Å². The molecule has 1 atom stereocenters. The molecule has 2 nitrogen and oxygen atoms in total. The molecule has 0 aromatic rings. The van der Waals surface area contributed by atoms with Gasteiger partial charge in [0.25, 0.3) is 0 Å². The lowest BCUT2D eigenvalue weighted by Crippen LogP contribution is -2.05. The first-order chi connectivity index (χ1) is 4.33. The Kier molecular flexibility index (Phi) is 2.22. The highest BCUT2D eigenvalue weighted by Gasteiger charge is 2.20. The van der Waals surface area contributed by atoms with E-state index in [2.05, 4.69) is 0 Å². The molecule has 0 amide bonds. The second-order valence-corrected chi connectivity index (χ2v) is 2.72. The van der Waals surface area contributed by atoms with Crippen LogP contribution in [0.3, 0.4) is 0 Å². The van der Waals surface area contributed by atoms with Crippen LogP contribution >= 0.6 is 0 Å². The highest BCUT2D eigenvalue weighted by molar-refractivity contribution is 5.80. The summed E-state index contributed by atoms with van der Waals surface area (Å²) in [6.45, 7) is 0.734. The van der Waals surface area contributed by atoms with Crippen molar-refractivity contribution >= 4 is 5.78 Å². The molecule has 0 bridgehead atoms. The maximum absolute atomic E-state index is 10.7. The Hall–Kier alpha value is -0.370. The van der Waals surface area contributed by atoms with Gasteiger partial charge < -0.3 is 5.73 Å². The van der Waals surface area contributed by atoms with Crippen molar-refractivity contribution < 1.29 is 4.79 Å². The third kappa shape index (κ3) is 1.79. The summed E-state index contributed by atoms with van der Waals surface area (Å²) in [4.78, 5) is 10.7. The van der Waals surface area contributed by atoms with Gasteiger partial charge in [0, 0.05) is 12.8 Å². The van der Waals surface area contributed by atoms with Gasteiger partial charge in [-0.25, -0.2) is 0 Å². The lowest BCUT2D eigenvalue weighted by molar-refractivity contribution is -0.117. The van der Waals surface area contributed by atoms with Gasteiger partial charge in [-0.1, -0.05) is 0 Å². The molecule has 0 heterocycles. The van der Waals surface area contributed by atoms with Crippen LogP contribution in [0, 0.1) is 5.92 Å². The second kappa shape index (κ2) is 2.97. The van der Waals surface area contributed by atoms with Crippen molar-refractivity contribution in [1.29, 1.82) is 0 Å². The van der Waals surface area contributed by atoms with Crippen molar-refractivity contribution in [3.63, 3.8) is 0 Å². The number of nitrogens with two attached hydrogens (primary N) is 1. The Bertz CT molecular complexity index is 111. The first-order valence-corrected chi connectivity index (χ1v) is 3.54. The second-order valence-electron chi connectivity index (χ2n) is 2.72. The van der Waals surface area contributed by atoms with Gasteiger partial charge in [-0.3, -0.25) is 4.79 Å². The van der Waals surface area contributed by atoms with E-state index in [1.54, 1.807) is 0 Å². The zero-order valence-electron chi connectivity index (χ0n) is 5.60. The highest BCUT2D eigenvalue weighted by Crippen LogP contribution is 2.23. The SMILES string of the molecule is NCCC1CCC(=O)C1. The highest BCUT2D eigenvalue weighted by atomic mass is 16.1. The minimum atomic E-state index is 0.424. The Balaban J connectivity index is 2.22. The molecule has 1 unspecified atom stereocenters. The largest absolute Gasteiger partial charge is 0.330 e. The molecule has 0 aromatic carbocycles. The first kappa shape index (κ1) is 6.75. The van der Waals surface area contributed by atoms with E-state index < -0.39 is 0 Å². The normalized spacial score (nSPS) is 27.2. The predicted octanol–water partition coefficient (Wildman–Crippen LogP) is 0.704. The van der Waals surface area contributed by atoms with Crippen LogP contribution in [-0.2, 0) is 4.79 Å². The van der Waals surface area contributed by atoms with E-state index in [0.29, 0.717) is 11.7 Å². The molecule has 1 aliphatic rings. The molecule has 52 valence electrons. The topological polar surface area (TPSA) is 43.1 Å². The fourth-order valence-electron chi connectivity index (χ4n) is 1.37. The maximum Gasteiger partial charge on any atom is 0.133 e. The van der Waals surface area contributed by atoms with Crippen molar-refractivity contribution in [3.8, 4) is 0 Å². The molecule has 0 aliphatic heterocycles. The molecule has 1 aliphatic carbocycles. The molecule has 0 saturated heterocycles. The van der Waals surface area contributed by atoms with Crippen LogP contribution in [0.2, 0.25) is 0 Å². The van der Waals surface area contributed by atoms with Gasteiger partial charge in [-0.2, -0.15) is 0 Å². The summed E-state index contributed by atoms with van der Waals surface area (Å²) in [5.41, 5.74) is 5.34. The lowest BCUT2D eigenvalue weighted by Gasteiger charge is -2.02. The average molecular weight is 127 g/mol. The summed E-state index contributed by atoms with van der Waals surface area (Å²) in [6, 6.07) is 0. The summed E-state index contributed by atoms with van der Waals surface area (Å²) >= 11 is 0. The number of hydrogen-bond acceptors (Lipinski definition) is 2. The quantitative estimate of drug-likeness (QED) is 0.593. The number of carbonyl (C=O) groups is 1. The van der Waals surface area contributed by atoms with E-state index in [1.165, 1.54) is 0 Å². The molecule has 0 aromatic heterocycles. The van der Waals surface area contributed by atoms with Gasteiger partial charge in [0.2, 0.25) is 0 Å². The fourth-order valence-corrected chi connectivity index (χ4v) is 1.37. The molecular formula is C7H13NO. The third-order valence-corrected chi connectivity index (χ3v) is 1.92. The molecule has 0 spiro atoms. The number of Topliss-reactive ketones (excluding diaryl/α,β-unsaturated/α-hetero) is 1. The van der Waals surface area contributed by atoms with Gasteiger partial charge in [0.05, 0.1) is 0 Å². The first-order valence-electron chi connectivity index (χ1n) is 3.54. The van der Waals surface area contributed by atoms with Crippen molar-refractivity contribution in [1.82, 2.24) is 0 Å². The van der Waals surface area contributed by atoms with E-state index in [4.69, 9.17) is 5.73 Å². The molecule has 1 rings (SSSR count). The molecule has 2 N–H and O–H groups in total. The number of carbonyl (C=O) groups excluding carboxylic acids is 1. The van der Waals surface area contributed by atoms with Crippen LogP contribution in [0.15, 0.2) is 0 Å². The smallest absolute Gasteiger partial charge is 0.133 e. The molecule has 1 saturated carbocycles. The summed E-state index contributed by atoms with van der Waals surface area (Å²) in [5, 5.41) is 0. The van der Waals surface area contributed by atoms with E-state index in [1.807, 2.05) is 0 Å². The molecular weight excluding hydrogens is 114 g/mol. The summed E-state index contributed by atoms with van der Waals surface area (Å²) in [7, 11) is 0. The molecule has 2 heteroatoms. The van der Waals surface area contributed by atoms with Crippen LogP contribution in [0.25, 0.3) is 0 Å². The Labute approximate surface area is 55.4 Å². The summed E-state index contributed by atoms with van der Waals surface area (Å²) < 4.78 is 0. The zero-order valence-corrected chi connectivity index (χ0v) is 5.60. The van der Waals surface area contributed by atoms with Gasteiger partial charge in [-0.15, -0.1) is 0 Å². The molecule has 1 fully saturated rings. The number of ketones is 1. The van der Waals surface area contributed by atoms with Gasteiger partial charge in [-0.05, 0) is 25.3 Å².